The van der Waals surface area contributed by atoms with Crippen molar-refractivity contribution >= 4 is 17.4 Å². The third kappa shape index (κ3) is 4.71. The van der Waals surface area contributed by atoms with Crippen molar-refractivity contribution < 1.29 is 39.9 Å². The number of epoxide rings is 1. The number of hydrogen-bond donors (Lipinski definition) is 5. The fraction of sp³-hybridized carbons (Fsp3) is 0.721. The van der Waals surface area contributed by atoms with E-state index in [0.29, 0.717) is 75.9 Å². The van der Waals surface area contributed by atoms with Crippen molar-refractivity contribution in [3.8, 4) is 5.75 Å². The lowest BCUT2D eigenvalue weighted by molar-refractivity contribution is -0.202. The van der Waals surface area contributed by atoms with E-state index in [1.54, 1.807) is 23.1 Å². The summed E-state index contributed by atoms with van der Waals surface area (Å²) >= 11 is 0. The predicted octanol–water partition coefficient (Wildman–Crippen LogP) is 5.00. The second-order valence-corrected chi connectivity index (χ2v) is 18.7. The largest absolute Gasteiger partial charge is 0.508 e. The Labute approximate surface area is 307 Å². The molecule has 9 rings (SSSR count). The Hall–Kier alpha value is -2.56. The molecule has 1 aromatic rings. The number of hydrogen-bond acceptors (Lipinski definition) is 8. The number of nitrogens with zero attached hydrogens (tertiary/aromatic N) is 1. The number of aromatic hydroxyl groups is 1. The molecule has 14 atom stereocenters. The van der Waals surface area contributed by atoms with E-state index >= 15 is 0 Å². The molecule has 9 heteroatoms. The third-order valence-corrected chi connectivity index (χ3v) is 16.3. The molecule has 2 bridgehead atoms. The molecule has 282 valence electrons. The third-order valence-electron chi connectivity index (χ3n) is 16.3. The van der Waals surface area contributed by atoms with E-state index < -0.39 is 34.2 Å². The summed E-state index contributed by atoms with van der Waals surface area (Å²) in [5.41, 5.74) is -1.66. The molecule has 2 aliphatic heterocycles. The van der Waals surface area contributed by atoms with Crippen LogP contribution in [-0.2, 0) is 20.7 Å². The number of carbonyl (C=O) groups is 2. The predicted molar refractivity (Wildman–Crippen MR) is 194 cm³/mol. The van der Waals surface area contributed by atoms with Crippen molar-refractivity contribution in [3.63, 3.8) is 0 Å². The lowest BCUT2D eigenvalue weighted by Gasteiger charge is -2.66. The van der Waals surface area contributed by atoms with Crippen LogP contribution in [0.5, 0.6) is 5.75 Å². The highest BCUT2D eigenvalue weighted by molar-refractivity contribution is 5.96. The van der Waals surface area contributed by atoms with Crippen LogP contribution in [0, 0.1) is 52.3 Å². The second kappa shape index (κ2) is 12.0. The minimum Gasteiger partial charge on any atom is -0.508 e. The number of amides is 1. The van der Waals surface area contributed by atoms with Gasteiger partial charge in [-0.1, -0.05) is 39.3 Å². The monoisotopic (exact) mass is 715 g/mol. The summed E-state index contributed by atoms with van der Waals surface area (Å²) in [6.45, 7) is 7.17. The fourth-order valence-corrected chi connectivity index (χ4v) is 13.8. The number of aliphatic hydroxyl groups is 4. The number of anilines is 1. The van der Waals surface area contributed by atoms with E-state index in [9.17, 15) is 35.1 Å². The summed E-state index contributed by atoms with van der Waals surface area (Å²) in [6.07, 6.45) is 11.0. The number of phenols is 1. The molecule has 6 fully saturated rings. The molecule has 9 nitrogen and oxygen atoms in total. The first-order valence-electron chi connectivity index (χ1n) is 20.3. The number of ketones is 1. The zero-order valence-corrected chi connectivity index (χ0v) is 30.9. The van der Waals surface area contributed by atoms with Gasteiger partial charge in [0.05, 0.1) is 23.9 Å². The molecule has 0 aromatic heterocycles. The van der Waals surface area contributed by atoms with Gasteiger partial charge in [0.15, 0.2) is 5.78 Å². The Morgan fingerprint density at radius 1 is 1.04 bits per heavy atom. The number of rotatable bonds is 7. The lowest BCUT2D eigenvalue weighted by Crippen LogP contribution is -2.68. The van der Waals surface area contributed by atoms with Gasteiger partial charge in [-0.05, 0) is 129 Å². The van der Waals surface area contributed by atoms with Gasteiger partial charge in [-0.15, -0.1) is 0 Å². The maximum atomic E-state index is 14.4. The molecule has 0 radical (unpaired) electrons. The van der Waals surface area contributed by atoms with Crippen molar-refractivity contribution in [2.75, 3.05) is 11.4 Å². The zero-order valence-electron chi connectivity index (χ0n) is 30.9. The number of phenolic OH excluding ortho intramolecular Hbond substituents is 1. The van der Waals surface area contributed by atoms with E-state index in [4.69, 9.17) is 4.74 Å². The standard InChI is InChI=1S/C43H57NO8/c1-23(2)24(3)38-39(52-38)42(50)13-4-7-26-19-30-31(21-32(46)36-29-8-5-12-40(30,36)22-33(47)37(29)49)43(51)15-11-34(42)41(26,43)14-10-25-17-27(20-28(45)18-25)44-16-6-9-35(44)48/h4,7,17-18,20-21,23-24,26,29-30,33-34,36-39,45,47,49-51H,5-6,8-16,19,22H2,1-3H3/t24-,26+,29-,30-,33+,34+,36-,37-,38-,39-,40+,41-,42+,43+/m1/s1. The molecule has 52 heavy (non-hydrogen) atoms. The van der Waals surface area contributed by atoms with Crippen LogP contribution in [0.4, 0.5) is 5.69 Å². The highest BCUT2D eigenvalue weighted by Gasteiger charge is 2.76. The van der Waals surface area contributed by atoms with Gasteiger partial charge < -0.3 is 35.2 Å². The fourth-order valence-electron chi connectivity index (χ4n) is 13.8. The molecule has 0 unspecified atom stereocenters. The number of carbonyl (C=O) groups excluding carboxylic acids is 2. The summed E-state index contributed by atoms with van der Waals surface area (Å²) in [7, 11) is 0. The summed E-state index contributed by atoms with van der Waals surface area (Å²) in [6, 6.07) is 5.38. The second-order valence-electron chi connectivity index (χ2n) is 18.7. The molecule has 5 N–H and O–H groups in total. The van der Waals surface area contributed by atoms with Crippen LogP contribution in [0.15, 0.2) is 42.0 Å². The highest BCUT2D eigenvalue weighted by atomic mass is 16.6. The molecule has 0 spiro atoms. The SMILES string of the molecule is CC(C)[C@@H](C)[C@H]1O[C@H]1[C@]1(O)CC=C[C@H]2C[C@@H]3C(=CC(=O)[C@H]4[C@H]5CCC[C@]34C[C@H](O)[C@@H]5O)[C@@]3(O)CC[C@H]1[C@@]23CCc1cc(O)cc(N2CCCC2=O)c1. The molecule has 8 aliphatic rings. The quantitative estimate of drug-likeness (QED) is 0.196. The average molecular weight is 716 g/mol. The first-order chi connectivity index (χ1) is 24.7. The van der Waals surface area contributed by atoms with Crippen molar-refractivity contribution in [1.29, 1.82) is 0 Å². The van der Waals surface area contributed by atoms with Gasteiger partial charge in [0.1, 0.15) is 17.5 Å². The summed E-state index contributed by atoms with van der Waals surface area (Å²) in [5.74, 6) is -0.475. The zero-order chi connectivity index (χ0) is 36.5. The minimum atomic E-state index is -1.39. The van der Waals surface area contributed by atoms with E-state index in [1.165, 1.54) is 0 Å². The van der Waals surface area contributed by atoms with E-state index in [0.717, 1.165) is 30.4 Å². The van der Waals surface area contributed by atoms with Crippen molar-refractivity contribution in [3.05, 3.63) is 47.6 Å². The smallest absolute Gasteiger partial charge is 0.227 e. The summed E-state index contributed by atoms with van der Waals surface area (Å²) in [4.78, 5) is 28.8. The maximum Gasteiger partial charge on any atom is 0.227 e. The van der Waals surface area contributed by atoms with Crippen LogP contribution >= 0.6 is 0 Å². The number of aryl methyl sites for hydroxylation is 1. The van der Waals surface area contributed by atoms with Crippen LogP contribution in [0.25, 0.3) is 0 Å². The average Bonchev–Trinajstić information content (AvgIpc) is 3.72. The maximum absolute atomic E-state index is 14.4. The summed E-state index contributed by atoms with van der Waals surface area (Å²) < 4.78 is 6.42. The van der Waals surface area contributed by atoms with E-state index in [-0.39, 0.29) is 65.2 Å². The molecule has 2 heterocycles. The van der Waals surface area contributed by atoms with E-state index in [2.05, 4.69) is 32.9 Å². The highest BCUT2D eigenvalue weighted by Crippen LogP contribution is 2.75. The first-order valence-corrected chi connectivity index (χ1v) is 20.3. The van der Waals surface area contributed by atoms with Gasteiger partial charge in [-0.2, -0.15) is 0 Å². The first kappa shape index (κ1) is 35.2. The Bertz CT molecular complexity index is 1720. The number of ether oxygens (including phenoxy) is 1. The Kier molecular flexibility index (Phi) is 8.09. The number of benzene rings is 1. The molecule has 1 amide bonds. The van der Waals surface area contributed by atoms with Crippen molar-refractivity contribution in [2.24, 2.45) is 52.3 Å². The summed E-state index contributed by atoms with van der Waals surface area (Å²) in [5, 5.41) is 60.0. The molecule has 4 saturated carbocycles. The van der Waals surface area contributed by atoms with Gasteiger partial charge in [-0.25, -0.2) is 0 Å². The van der Waals surface area contributed by atoms with Gasteiger partial charge in [0, 0.05) is 42.0 Å². The van der Waals surface area contributed by atoms with Crippen LogP contribution in [0.3, 0.4) is 0 Å². The minimum absolute atomic E-state index is 0.0314. The number of allylic oxidation sites excluding steroid dienone is 2. The van der Waals surface area contributed by atoms with Crippen LogP contribution < -0.4 is 4.90 Å². The van der Waals surface area contributed by atoms with E-state index in [1.807, 2.05) is 6.07 Å². The molecule has 1 aromatic carbocycles. The normalized spacial score (nSPS) is 46.7. The Morgan fingerprint density at radius 2 is 1.85 bits per heavy atom. The molecular formula is C43H57NO8. The number of aliphatic hydroxyl groups excluding tert-OH is 2. The van der Waals surface area contributed by atoms with Crippen molar-refractivity contribution in [2.45, 2.75) is 133 Å². The van der Waals surface area contributed by atoms with Crippen LogP contribution in [0.2, 0.25) is 0 Å². The van der Waals surface area contributed by atoms with Crippen molar-refractivity contribution in [1.82, 2.24) is 0 Å². The van der Waals surface area contributed by atoms with Gasteiger partial charge >= 0.3 is 0 Å². The van der Waals surface area contributed by atoms with Crippen LogP contribution in [-0.4, -0.2) is 79.4 Å². The van der Waals surface area contributed by atoms with Crippen LogP contribution in [0.1, 0.15) is 97.0 Å². The Balaban J connectivity index is 1.16. The number of fused-ring (bicyclic) bond motifs is 2. The molecule has 6 aliphatic carbocycles. The van der Waals surface area contributed by atoms with Gasteiger partial charge in [0.25, 0.3) is 0 Å². The molecular weight excluding hydrogens is 658 g/mol. The van der Waals surface area contributed by atoms with Gasteiger partial charge in [0.2, 0.25) is 5.91 Å². The Morgan fingerprint density at radius 3 is 2.60 bits per heavy atom. The van der Waals surface area contributed by atoms with Gasteiger partial charge in [-0.3, -0.25) is 9.59 Å². The topological polar surface area (TPSA) is 151 Å². The molecule has 2 saturated heterocycles. The lowest BCUT2D eigenvalue weighted by atomic mass is 9.39.